The molecule has 2 heterocycles. The lowest BCUT2D eigenvalue weighted by Gasteiger charge is -2.26. The van der Waals surface area contributed by atoms with E-state index in [-0.39, 0.29) is 17.8 Å². The van der Waals surface area contributed by atoms with Crippen LogP contribution >= 0.6 is 19.3 Å². The fraction of sp³-hybridized carbons (Fsp3) is 0.542. The molecule has 1 aliphatic rings. The molecular formula is C24H33ClN3O9P. The molecular weight excluding hydrogens is 541 g/mol. The highest BCUT2D eigenvalue weighted by Crippen LogP contribution is 2.48. The second-order valence-corrected chi connectivity index (χ2v) is 12.9. The van der Waals surface area contributed by atoms with E-state index in [1.165, 1.54) is 20.0 Å². The van der Waals surface area contributed by atoms with Gasteiger partial charge in [0.2, 0.25) is 0 Å². The first kappa shape index (κ1) is 30.1. The number of alkyl halides is 1. The van der Waals surface area contributed by atoms with Gasteiger partial charge in [-0.25, -0.2) is 9.36 Å². The fourth-order valence-corrected chi connectivity index (χ4v) is 5.35. The maximum absolute atomic E-state index is 13.7. The average Bonchev–Trinajstić information content (AvgIpc) is 3.04. The molecule has 12 nitrogen and oxygen atoms in total. The molecule has 14 heteroatoms. The normalized spacial score (nSPS) is 25.9. The number of para-hydroxylation sites is 1. The predicted molar refractivity (Wildman–Crippen MR) is 139 cm³/mol. The summed E-state index contributed by atoms with van der Waals surface area (Å²) in [6, 6.07) is 8.20. The monoisotopic (exact) mass is 573 g/mol. The number of benzene rings is 1. The van der Waals surface area contributed by atoms with Crippen molar-refractivity contribution in [1.82, 2.24) is 14.6 Å². The maximum Gasteiger partial charge on any atom is 0.459 e. The molecule has 1 saturated heterocycles. The van der Waals surface area contributed by atoms with Gasteiger partial charge in [-0.05, 0) is 31.4 Å². The van der Waals surface area contributed by atoms with E-state index in [0.717, 1.165) is 10.6 Å². The van der Waals surface area contributed by atoms with Gasteiger partial charge in [-0.3, -0.25) is 23.7 Å². The third-order valence-corrected chi connectivity index (χ3v) is 7.61. The zero-order chi connectivity index (χ0) is 28.3. The van der Waals surface area contributed by atoms with Crippen LogP contribution in [-0.4, -0.2) is 57.0 Å². The average molecular weight is 574 g/mol. The minimum atomic E-state index is -4.25. The highest BCUT2D eigenvalue weighted by atomic mass is 35.5. The van der Waals surface area contributed by atoms with Crippen molar-refractivity contribution in [2.45, 2.75) is 64.0 Å². The lowest BCUT2D eigenvalue weighted by Crippen LogP contribution is -2.43. The third-order valence-electron chi connectivity index (χ3n) is 5.55. The van der Waals surface area contributed by atoms with Gasteiger partial charge in [0.05, 0.1) is 13.2 Å². The lowest BCUT2D eigenvalue weighted by molar-refractivity contribution is -0.148. The number of aliphatic hydroxyl groups is 1. The second-order valence-electron chi connectivity index (χ2n) is 10.4. The van der Waals surface area contributed by atoms with Gasteiger partial charge in [0.1, 0.15) is 28.9 Å². The van der Waals surface area contributed by atoms with Crippen LogP contribution in [0.25, 0.3) is 0 Å². The first-order chi connectivity index (χ1) is 17.6. The summed E-state index contributed by atoms with van der Waals surface area (Å²) in [6.07, 6.45) is -2.53. The molecule has 2 unspecified atom stereocenters. The fourth-order valence-electron chi connectivity index (χ4n) is 3.55. The molecule has 38 heavy (non-hydrogen) atoms. The van der Waals surface area contributed by atoms with Crippen molar-refractivity contribution in [2.24, 2.45) is 5.41 Å². The highest BCUT2D eigenvalue weighted by molar-refractivity contribution is 7.52. The Morgan fingerprint density at radius 1 is 1.29 bits per heavy atom. The largest absolute Gasteiger partial charge is 0.464 e. The van der Waals surface area contributed by atoms with Crippen molar-refractivity contribution in [3.8, 4) is 5.75 Å². The van der Waals surface area contributed by atoms with E-state index >= 15 is 0 Å². The quantitative estimate of drug-likeness (QED) is 0.219. The van der Waals surface area contributed by atoms with Crippen LogP contribution in [0.5, 0.6) is 5.75 Å². The summed E-state index contributed by atoms with van der Waals surface area (Å²) in [5.41, 5.74) is -1.67. The zero-order valence-corrected chi connectivity index (χ0v) is 23.4. The van der Waals surface area contributed by atoms with Crippen LogP contribution in [0.4, 0.5) is 0 Å². The molecule has 6 atom stereocenters. The Balaban J connectivity index is 1.78. The third kappa shape index (κ3) is 7.56. The van der Waals surface area contributed by atoms with Gasteiger partial charge in [0.25, 0.3) is 5.56 Å². The van der Waals surface area contributed by atoms with E-state index < -0.39 is 60.9 Å². The molecule has 210 valence electrons. The van der Waals surface area contributed by atoms with Crippen LogP contribution in [0.3, 0.4) is 0 Å². The van der Waals surface area contributed by atoms with Gasteiger partial charge in [0, 0.05) is 12.3 Å². The van der Waals surface area contributed by atoms with Crippen LogP contribution in [0.15, 0.2) is 52.2 Å². The van der Waals surface area contributed by atoms with Crippen molar-refractivity contribution in [3.63, 3.8) is 0 Å². The van der Waals surface area contributed by atoms with Gasteiger partial charge in [0.15, 0.2) is 6.23 Å². The molecule has 1 fully saturated rings. The van der Waals surface area contributed by atoms with Gasteiger partial charge in [-0.2, -0.15) is 5.09 Å². The van der Waals surface area contributed by atoms with E-state index in [4.69, 9.17) is 30.1 Å². The number of rotatable bonds is 10. The smallest absolute Gasteiger partial charge is 0.459 e. The Labute approximate surface area is 224 Å². The SMILES string of the molecule is CC(NP(=O)(OC[C@H]1O[C@@H](n2ccc(=O)[nH]c2=O)[C@](C)(Cl)[C@@H]1O)Oc1ccccc1)C(=O)OCC(C)(C)C. The minimum Gasteiger partial charge on any atom is -0.464 e. The Kier molecular flexibility index (Phi) is 9.28. The summed E-state index contributed by atoms with van der Waals surface area (Å²) < 4.78 is 37.1. The summed E-state index contributed by atoms with van der Waals surface area (Å²) >= 11 is 6.54. The number of esters is 1. The highest BCUT2D eigenvalue weighted by Gasteiger charge is 2.54. The molecule has 0 spiro atoms. The Hall–Kier alpha value is -2.47. The molecule has 2 aromatic rings. The van der Waals surface area contributed by atoms with E-state index in [1.807, 2.05) is 20.8 Å². The molecule has 1 aromatic carbocycles. The number of halogens is 1. The number of aromatic nitrogens is 2. The van der Waals surface area contributed by atoms with E-state index in [9.17, 15) is 24.1 Å². The second kappa shape index (κ2) is 11.7. The van der Waals surface area contributed by atoms with Crippen LogP contribution in [0.1, 0.15) is 40.8 Å². The molecule has 0 saturated carbocycles. The molecule has 3 rings (SSSR count). The number of carbonyl (C=O) groups is 1. The number of hydrogen-bond acceptors (Lipinski definition) is 9. The number of carbonyl (C=O) groups excluding carboxylic acids is 1. The van der Waals surface area contributed by atoms with E-state index in [2.05, 4.69) is 10.1 Å². The Morgan fingerprint density at radius 3 is 2.55 bits per heavy atom. The molecule has 0 aliphatic carbocycles. The summed E-state index contributed by atoms with van der Waals surface area (Å²) in [7, 11) is -4.25. The summed E-state index contributed by atoms with van der Waals surface area (Å²) in [4.78, 5) is 36.8. The standard InChI is InChI=1S/C24H33ClN3O9P/c1-15(20(31)34-14-23(2,3)4)27-38(33,37-16-9-7-6-8-10-16)35-13-17-19(30)24(5,25)21(36-17)28-12-11-18(29)26-22(28)32/h6-12,15,17,19,21,30H,13-14H2,1-5H3,(H,27,33)(H,26,29,32)/t15?,17-,19-,21-,24-,38?/m1/s1. The maximum atomic E-state index is 13.7. The molecule has 3 N–H and O–H groups in total. The first-order valence-corrected chi connectivity index (χ1v) is 13.8. The van der Waals surface area contributed by atoms with Crippen molar-refractivity contribution in [1.29, 1.82) is 0 Å². The zero-order valence-electron chi connectivity index (χ0n) is 21.8. The molecule has 0 radical (unpaired) electrons. The summed E-state index contributed by atoms with van der Waals surface area (Å²) in [5, 5.41) is 13.4. The number of nitrogens with one attached hydrogen (secondary N) is 2. The van der Waals surface area contributed by atoms with Gasteiger partial charge < -0.3 is 19.1 Å². The number of hydrogen-bond donors (Lipinski definition) is 3. The lowest BCUT2D eigenvalue weighted by atomic mass is 9.99. The van der Waals surface area contributed by atoms with Crippen LogP contribution < -0.4 is 20.9 Å². The molecule has 0 bridgehead atoms. The number of aromatic amines is 1. The molecule has 1 aromatic heterocycles. The number of H-pyrrole nitrogens is 1. The predicted octanol–water partition coefficient (Wildman–Crippen LogP) is 2.56. The van der Waals surface area contributed by atoms with E-state index in [0.29, 0.717) is 0 Å². The van der Waals surface area contributed by atoms with Gasteiger partial charge >= 0.3 is 19.4 Å². The Morgan fingerprint density at radius 2 is 1.95 bits per heavy atom. The van der Waals surface area contributed by atoms with Crippen molar-refractivity contribution < 1.29 is 33.0 Å². The van der Waals surface area contributed by atoms with Crippen LogP contribution in [-0.2, 0) is 23.4 Å². The first-order valence-electron chi connectivity index (χ1n) is 11.9. The van der Waals surface area contributed by atoms with Gasteiger partial charge in [-0.1, -0.05) is 39.0 Å². The summed E-state index contributed by atoms with van der Waals surface area (Å²) in [6.45, 7) is 8.26. The van der Waals surface area contributed by atoms with Crippen LogP contribution in [0, 0.1) is 5.41 Å². The summed E-state index contributed by atoms with van der Waals surface area (Å²) in [5.74, 6) is -0.463. The number of aliphatic hydroxyl groups excluding tert-OH is 1. The topological polar surface area (TPSA) is 158 Å². The number of nitrogens with zero attached hydrogens (tertiary/aromatic N) is 1. The molecule has 0 amide bonds. The van der Waals surface area contributed by atoms with Crippen molar-refractivity contribution >= 4 is 25.3 Å². The van der Waals surface area contributed by atoms with Crippen LogP contribution in [0.2, 0.25) is 0 Å². The van der Waals surface area contributed by atoms with Crippen molar-refractivity contribution in [2.75, 3.05) is 13.2 Å². The number of ether oxygens (including phenoxy) is 2. The Bertz CT molecular complexity index is 1280. The minimum absolute atomic E-state index is 0.143. The van der Waals surface area contributed by atoms with Gasteiger partial charge in [-0.15, -0.1) is 11.6 Å². The van der Waals surface area contributed by atoms with Crippen molar-refractivity contribution in [3.05, 3.63) is 63.4 Å². The van der Waals surface area contributed by atoms with E-state index in [1.54, 1.807) is 30.3 Å². The molecule has 1 aliphatic heterocycles.